The van der Waals surface area contributed by atoms with Gasteiger partial charge in [0.25, 0.3) is 0 Å². The molecule has 0 saturated carbocycles. The van der Waals surface area contributed by atoms with Gasteiger partial charge in [-0.3, -0.25) is 0 Å². The molecule has 0 bridgehead atoms. The molecule has 0 atom stereocenters. The van der Waals surface area contributed by atoms with Crippen molar-refractivity contribution in [1.29, 1.82) is 5.26 Å². The van der Waals surface area contributed by atoms with E-state index < -0.39 is 0 Å². The van der Waals surface area contributed by atoms with E-state index in [0.29, 0.717) is 5.69 Å². The van der Waals surface area contributed by atoms with E-state index in [9.17, 15) is 0 Å². The summed E-state index contributed by atoms with van der Waals surface area (Å²) in [5.41, 5.74) is 2.65. The van der Waals surface area contributed by atoms with Gasteiger partial charge in [-0.15, -0.1) is 0 Å². The SMILES string of the molecule is Cn1c(C#N)cnc1-c1c[nH]c2ccccc12. The minimum Gasteiger partial charge on any atom is -0.360 e. The minimum absolute atomic E-state index is 0.560. The molecule has 0 aliphatic rings. The maximum Gasteiger partial charge on any atom is 0.142 e. The second-order valence-electron chi connectivity index (χ2n) is 3.89. The first-order chi connectivity index (χ1) is 8.31. The largest absolute Gasteiger partial charge is 0.360 e. The summed E-state index contributed by atoms with van der Waals surface area (Å²) in [6, 6.07) is 10.2. The first kappa shape index (κ1) is 9.67. The number of rotatable bonds is 1. The fraction of sp³-hybridized carbons (Fsp3) is 0.0769. The third kappa shape index (κ3) is 1.33. The maximum atomic E-state index is 8.92. The standard InChI is InChI=1S/C13H10N4/c1-17-9(6-14)7-16-13(17)11-8-15-12-5-3-2-4-10(11)12/h2-5,7-8,15H,1H3. The highest BCUT2D eigenvalue weighted by Gasteiger charge is 2.12. The fourth-order valence-corrected chi connectivity index (χ4v) is 2.02. The quantitative estimate of drug-likeness (QED) is 0.687. The molecule has 4 nitrogen and oxygen atoms in total. The molecule has 0 aliphatic carbocycles. The fourth-order valence-electron chi connectivity index (χ4n) is 2.02. The van der Waals surface area contributed by atoms with Crippen molar-refractivity contribution in [2.75, 3.05) is 0 Å². The van der Waals surface area contributed by atoms with Gasteiger partial charge in [0.2, 0.25) is 0 Å². The minimum atomic E-state index is 0.560. The Morgan fingerprint density at radius 3 is 2.94 bits per heavy atom. The lowest BCUT2D eigenvalue weighted by Gasteiger charge is -2.00. The van der Waals surface area contributed by atoms with E-state index >= 15 is 0 Å². The van der Waals surface area contributed by atoms with Gasteiger partial charge in [-0.1, -0.05) is 18.2 Å². The van der Waals surface area contributed by atoms with E-state index in [4.69, 9.17) is 5.26 Å². The van der Waals surface area contributed by atoms with Crippen molar-refractivity contribution >= 4 is 10.9 Å². The summed E-state index contributed by atoms with van der Waals surface area (Å²) in [6.07, 6.45) is 3.52. The van der Waals surface area contributed by atoms with Crippen molar-refractivity contribution in [2.45, 2.75) is 0 Å². The molecule has 2 aromatic heterocycles. The Bertz CT molecular complexity index is 727. The summed E-state index contributed by atoms with van der Waals surface area (Å²) in [4.78, 5) is 7.50. The highest BCUT2D eigenvalue weighted by molar-refractivity contribution is 5.93. The average molecular weight is 222 g/mol. The molecule has 0 fully saturated rings. The number of hydrogen-bond acceptors (Lipinski definition) is 2. The lowest BCUT2D eigenvalue weighted by molar-refractivity contribution is 0.908. The number of H-pyrrole nitrogens is 1. The van der Waals surface area contributed by atoms with Gasteiger partial charge in [0.1, 0.15) is 17.6 Å². The molecule has 2 heterocycles. The van der Waals surface area contributed by atoms with Crippen LogP contribution in [0.5, 0.6) is 0 Å². The Labute approximate surface area is 98.1 Å². The number of aromatic nitrogens is 3. The first-order valence-electron chi connectivity index (χ1n) is 5.29. The van der Waals surface area contributed by atoms with Gasteiger partial charge < -0.3 is 9.55 Å². The van der Waals surface area contributed by atoms with Gasteiger partial charge in [0.15, 0.2) is 0 Å². The number of benzene rings is 1. The molecular weight excluding hydrogens is 212 g/mol. The summed E-state index contributed by atoms with van der Waals surface area (Å²) in [7, 11) is 1.85. The normalized spacial score (nSPS) is 10.6. The summed E-state index contributed by atoms with van der Waals surface area (Å²) < 4.78 is 1.80. The number of imidazole rings is 1. The summed E-state index contributed by atoms with van der Waals surface area (Å²) >= 11 is 0. The summed E-state index contributed by atoms with van der Waals surface area (Å²) in [6.45, 7) is 0. The van der Waals surface area contributed by atoms with Gasteiger partial charge in [0.05, 0.1) is 6.20 Å². The van der Waals surface area contributed by atoms with Crippen LogP contribution in [0.15, 0.2) is 36.7 Å². The van der Waals surface area contributed by atoms with Crippen LogP contribution in [0, 0.1) is 11.3 Å². The van der Waals surface area contributed by atoms with Crippen molar-refractivity contribution in [3.8, 4) is 17.5 Å². The maximum absolute atomic E-state index is 8.92. The molecule has 3 rings (SSSR count). The van der Waals surface area contributed by atoms with Gasteiger partial charge in [-0.25, -0.2) is 4.98 Å². The molecule has 1 N–H and O–H groups in total. The molecule has 0 saturated heterocycles. The zero-order valence-corrected chi connectivity index (χ0v) is 9.31. The van der Waals surface area contributed by atoms with E-state index in [2.05, 4.69) is 16.0 Å². The zero-order valence-electron chi connectivity index (χ0n) is 9.31. The molecule has 4 heteroatoms. The van der Waals surface area contributed by atoms with Crippen molar-refractivity contribution in [2.24, 2.45) is 7.05 Å². The van der Waals surface area contributed by atoms with Crippen LogP contribution in [0.2, 0.25) is 0 Å². The molecule has 0 spiro atoms. The topological polar surface area (TPSA) is 57.4 Å². The van der Waals surface area contributed by atoms with E-state index in [-0.39, 0.29) is 0 Å². The number of para-hydroxylation sites is 1. The Morgan fingerprint density at radius 1 is 1.35 bits per heavy atom. The Balaban J connectivity index is 2.28. The van der Waals surface area contributed by atoms with E-state index in [1.807, 2.05) is 37.5 Å². The highest BCUT2D eigenvalue weighted by Crippen LogP contribution is 2.27. The molecule has 0 unspecified atom stereocenters. The van der Waals surface area contributed by atoms with Crippen molar-refractivity contribution in [1.82, 2.24) is 14.5 Å². The van der Waals surface area contributed by atoms with Crippen LogP contribution in [-0.4, -0.2) is 14.5 Å². The third-order valence-corrected chi connectivity index (χ3v) is 2.93. The Morgan fingerprint density at radius 2 is 2.18 bits per heavy atom. The number of nitriles is 1. The van der Waals surface area contributed by atoms with E-state index in [0.717, 1.165) is 22.3 Å². The second-order valence-corrected chi connectivity index (χ2v) is 3.89. The Kier molecular flexibility index (Phi) is 1.99. The molecule has 82 valence electrons. The third-order valence-electron chi connectivity index (χ3n) is 2.93. The van der Waals surface area contributed by atoms with Gasteiger partial charge in [0, 0.05) is 29.7 Å². The number of fused-ring (bicyclic) bond motifs is 1. The number of aromatic amines is 1. The second kappa shape index (κ2) is 3.49. The lowest BCUT2D eigenvalue weighted by atomic mass is 10.1. The van der Waals surface area contributed by atoms with Gasteiger partial charge in [-0.05, 0) is 6.07 Å². The predicted molar refractivity (Wildman–Crippen MR) is 65.2 cm³/mol. The molecular formula is C13H10N4. The van der Waals surface area contributed by atoms with Crippen molar-refractivity contribution in [3.05, 3.63) is 42.4 Å². The summed E-state index contributed by atoms with van der Waals surface area (Å²) in [5, 5.41) is 10.0. The van der Waals surface area contributed by atoms with Crippen LogP contribution in [0.4, 0.5) is 0 Å². The van der Waals surface area contributed by atoms with Crippen molar-refractivity contribution in [3.63, 3.8) is 0 Å². The van der Waals surface area contributed by atoms with Crippen LogP contribution in [-0.2, 0) is 7.05 Å². The van der Waals surface area contributed by atoms with E-state index in [1.165, 1.54) is 0 Å². The number of nitrogens with zero attached hydrogens (tertiary/aromatic N) is 3. The molecule has 0 amide bonds. The molecule has 17 heavy (non-hydrogen) atoms. The highest BCUT2D eigenvalue weighted by atomic mass is 15.1. The molecule has 3 aromatic rings. The van der Waals surface area contributed by atoms with Crippen molar-refractivity contribution < 1.29 is 0 Å². The molecule has 1 aromatic carbocycles. The monoisotopic (exact) mass is 222 g/mol. The van der Waals surface area contributed by atoms with Crippen LogP contribution in [0.3, 0.4) is 0 Å². The van der Waals surface area contributed by atoms with Gasteiger partial charge >= 0.3 is 0 Å². The van der Waals surface area contributed by atoms with Crippen LogP contribution >= 0.6 is 0 Å². The van der Waals surface area contributed by atoms with E-state index in [1.54, 1.807) is 10.8 Å². The van der Waals surface area contributed by atoms with Gasteiger partial charge in [-0.2, -0.15) is 5.26 Å². The number of nitrogens with one attached hydrogen (secondary N) is 1. The lowest BCUT2D eigenvalue weighted by Crippen LogP contribution is -1.94. The summed E-state index contributed by atoms with van der Waals surface area (Å²) in [5.74, 6) is 0.805. The predicted octanol–water partition coefficient (Wildman–Crippen LogP) is 2.44. The average Bonchev–Trinajstić information content (AvgIpc) is 2.92. The van der Waals surface area contributed by atoms with Crippen LogP contribution in [0.25, 0.3) is 22.3 Å². The molecule has 0 radical (unpaired) electrons. The van der Waals surface area contributed by atoms with Crippen LogP contribution < -0.4 is 0 Å². The number of hydrogen-bond donors (Lipinski definition) is 1. The zero-order chi connectivity index (χ0) is 11.8. The smallest absolute Gasteiger partial charge is 0.142 e. The molecule has 0 aliphatic heterocycles. The Hall–Kier alpha value is -2.54. The van der Waals surface area contributed by atoms with Crippen LogP contribution in [0.1, 0.15) is 5.69 Å². The first-order valence-corrected chi connectivity index (χ1v) is 5.29.